The number of aliphatic hydroxyl groups excluding tert-OH is 1. The van der Waals surface area contributed by atoms with E-state index in [0.717, 1.165) is 5.56 Å². The smallest absolute Gasteiger partial charge is 0.200 e. The topological polar surface area (TPSA) is 67.1 Å². The van der Waals surface area contributed by atoms with Gasteiger partial charge in [-0.1, -0.05) is 11.6 Å². The fraction of sp³-hybridized carbons (Fsp3) is 0.235. The summed E-state index contributed by atoms with van der Waals surface area (Å²) in [5, 5.41) is 12.9. The van der Waals surface area contributed by atoms with Gasteiger partial charge in [0.1, 0.15) is 24.3 Å². The van der Waals surface area contributed by atoms with Gasteiger partial charge in [-0.25, -0.2) is 0 Å². The highest BCUT2D eigenvalue weighted by molar-refractivity contribution is 6.31. The van der Waals surface area contributed by atoms with Gasteiger partial charge in [0.15, 0.2) is 0 Å². The van der Waals surface area contributed by atoms with Crippen molar-refractivity contribution in [1.82, 2.24) is 0 Å². The molecule has 3 rings (SSSR count). The Morgan fingerprint density at radius 2 is 1.96 bits per heavy atom. The maximum Gasteiger partial charge on any atom is 0.200 e. The van der Waals surface area contributed by atoms with Crippen LogP contribution in [0.25, 0.3) is 21.9 Å². The number of fused-ring (bicyclic) bond motifs is 2. The van der Waals surface area contributed by atoms with Gasteiger partial charge in [0, 0.05) is 16.7 Å². The van der Waals surface area contributed by atoms with Crippen LogP contribution >= 0.6 is 11.6 Å². The van der Waals surface area contributed by atoms with Crippen LogP contribution < -0.4 is 23.2 Å². The minimum absolute atomic E-state index is 0. The molecule has 1 atom stereocenters. The zero-order chi connectivity index (χ0) is 15.7. The zero-order valence-corrected chi connectivity index (χ0v) is 14.1. The Kier molecular flexibility index (Phi) is 5.65. The van der Waals surface area contributed by atoms with E-state index in [1.165, 1.54) is 0 Å². The van der Waals surface area contributed by atoms with Crippen molar-refractivity contribution < 1.29 is 27.2 Å². The van der Waals surface area contributed by atoms with Crippen LogP contribution in [0, 0.1) is 0 Å². The van der Waals surface area contributed by atoms with E-state index in [9.17, 15) is 9.90 Å². The second-order valence-electron chi connectivity index (χ2n) is 5.48. The van der Waals surface area contributed by atoms with E-state index in [1.54, 1.807) is 25.1 Å². The lowest BCUT2D eigenvalue weighted by molar-refractivity contribution is -0.676. The van der Waals surface area contributed by atoms with Crippen molar-refractivity contribution in [3.63, 3.8) is 0 Å². The summed E-state index contributed by atoms with van der Waals surface area (Å²) < 4.78 is 5.77. The predicted molar refractivity (Wildman–Crippen MR) is 87.2 cm³/mol. The number of rotatable bonds is 4. The summed E-state index contributed by atoms with van der Waals surface area (Å²) in [5.74, 6) is 0. The molecule has 23 heavy (non-hydrogen) atoms. The third-order valence-corrected chi connectivity index (χ3v) is 3.82. The second kappa shape index (κ2) is 7.32. The van der Waals surface area contributed by atoms with Crippen LogP contribution in [-0.2, 0) is 6.54 Å². The van der Waals surface area contributed by atoms with Gasteiger partial charge < -0.3 is 27.2 Å². The van der Waals surface area contributed by atoms with Gasteiger partial charge in [0.05, 0.1) is 16.9 Å². The Morgan fingerprint density at radius 3 is 2.70 bits per heavy atom. The normalized spacial score (nSPS) is 12.3. The van der Waals surface area contributed by atoms with Gasteiger partial charge in [-0.15, -0.1) is 0 Å². The lowest BCUT2D eigenvalue weighted by Crippen LogP contribution is -3.00. The number of halogens is 2. The van der Waals surface area contributed by atoms with Crippen LogP contribution in [-0.4, -0.2) is 17.8 Å². The Balaban J connectivity index is 0.00000192. The van der Waals surface area contributed by atoms with Crippen molar-refractivity contribution in [3.8, 4) is 0 Å². The van der Waals surface area contributed by atoms with Crippen molar-refractivity contribution in [2.75, 3.05) is 6.54 Å². The van der Waals surface area contributed by atoms with E-state index < -0.39 is 0 Å². The SMILES string of the molecule is CC(O)C[NH2+]Cc1ccc2oc3cc(Cl)ccc3c(=O)c2c1.[Cl-]. The Labute approximate surface area is 144 Å². The molecule has 4 nitrogen and oxygen atoms in total. The third-order valence-electron chi connectivity index (χ3n) is 3.58. The molecular formula is C17H17Cl2NO3. The molecule has 3 aromatic rings. The maximum atomic E-state index is 12.6. The van der Waals surface area contributed by atoms with Crippen molar-refractivity contribution >= 4 is 33.5 Å². The van der Waals surface area contributed by atoms with Crippen molar-refractivity contribution in [3.05, 3.63) is 57.2 Å². The van der Waals surface area contributed by atoms with Gasteiger partial charge in [-0.05, 0) is 37.3 Å². The summed E-state index contributed by atoms with van der Waals surface area (Å²) in [6.45, 7) is 3.09. The first-order valence-corrected chi connectivity index (χ1v) is 7.57. The molecule has 0 aliphatic rings. The molecule has 0 saturated carbocycles. The summed E-state index contributed by atoms with van der Waals surface area (Å²) in [4.78, 5) is 12.6. The fourth-order valence-corrected chi connectivity index (χ4v) is 2.66. The lowest BCUT2D eigenvalue weighted by Gasteiger charge is -2.06. The third kappa shape index (κ3) is 3.85. The molecule has 6 heteroatoms. The van der Waals surface area contributed by atoms with Crippen molar-refractivity contribution in [2.45, 2.75) is 19.6 Å². The summed E-state index contributed by atoms with van der Waals surface area (Å²) in [5.41, 5.74) is 2.02. The van der Waals surface area contributed by atoms with Crippen LogP contribution in [0.5, 0.6) is 0 Å². The Morgan fingerprint density at radius 1 is 1.17 bits per heavy atom. The van der Waals surface area contributed by atoms with Crippen LogP contribution in [0.4, 0.5) is 0 Å². The number of hydrogen-bond acceptors (Lipinski definition) is 3. The van der Waals surface area contributed by atoms with E-state index in [-0.39, 0.29) is 23.9 Å². The van der Waals surface area contributed by atoms with Crippen LogP contribution in [0.2, 0.25) is 5.02 Å². The number of aliphatic hydroxyl groups is 1. The molecule has 0 saturated heterocycles. The quantitative estimate of drug-likeness (QED) is 0.594. The van der Waals surface area contributed by atoms with Gasteiger partial charge >= 0.3 is 0 Å². The van der Waals surface area contributed by atoms with E-state index in [0.29, 0.717) is 40.1 Å². The van der Waals surface area contributed by atoms with Crippen molar-refractivity contribution in [2.24, 2.45) is 0 Å². The molecule has 122 valence electrons. The Bertz CT molecular complexity index is 890. The molecule has 3 N–H and O–H groups in total. The highest BCUT2D eigenvalue weighted by Crippen LogP contribution is 2.22. The summed E-state index contributed by atoms with van der Waals surface area (Å²) in [7, 11) is 0. The van der Waals surface area contributed by atoms with E-state index in [2.05, 4.69) is 0 Å². The first-order chi connectivity index (χ1) is 10.5. The molecule has 1 aromatic heterocycles. The van der Waals surface area contributed by atoms with Crippen LogP contribution in [0.1, 0.15) is 12.5 Å². The summed E-state index contributed by atoms with van der Waals surface area (Å²) in [6, 6.07) is 10.6. The van der Waals surface area contributed by atoms with E-state index in [1.807, 2.05) is 23.5 Å². The van der Waals surface area contributed by atoms with Gasteiger partial charge in [0.2, 0.25) is 5.43 Å². The minimum Gasteiger partial charge on any atom is -1.00 e. The number of nitrogens with two attached hydrogens (primary N) is 1. The molecule has 0 aliphatic heterocycles. The molecular weight excluding hydrogens is 337 g/mol. The second-order valence-corrected chi connectivity index (χ2v) is 5.92. The standard InChI is InChI=1S/C17H16ClNO3.ClH/c1-10(20)8-19-9-11-2-5-15-14(6-11)17(21)13-4-3-12(18)7-16(13)22-15;/h2-7,10,19-20H,8-9H2,1H3;1H. The molecule has 0 spiro atoms. The molecule has 0 fully saturated rings. The van der Waals surface area contributed by atoms with Crippen LogP contribution in [0.3, 0.4) is 0 Å². The fourth-order valence-electron chi connectivity index (χ4n) is 2.49. The molecule has 1 heterocycles. The highest BCUT2D eigenvalue weighted by Gasteiger charge is 2.09. The first-order valence-electron chi connectivity index (χ1n) is 7.19. The summed E-state index contributed by atoms with van der Waals surface area (Å²) >= 11 is 5.94. The monoisotopic (exact) mass is 353 g/mol. The number of hydrogen-bond donors (Lipinski definition) is 2. The number of quaternary nitrogens is 1. The van der Waals surface area contributed by atoms with E-state index in [4.69, 9.17) is 16.0 Å². The average molecular weight is 354 g/mol. The highest BCUT2D eigenvalue weighted by atomic mass is 35.5. The lowest BCUT2D eigenvalue weighted by atomic mass is 10.1. The van der Waals surface area contributed by atoms with Gasteiger partial charge in [-0.2, -0.15) is 0 Å². The maximum absolute atomic E-state index is 12.6. The van der Waals surface area contributed by atoms with Crippen LogP contribution in [0.15, 0.2) is 45.6 Å². The number of benzene rings is 2. The Hall–Kier alpha value is -1.59. The van der Waals surface area contributed by atoms with Gasteiger partial charge in [-0.3, -0.25) is 4.79 Å². The zero-order valence-electron chi connectivity index (χ0n) is 12.6. The van der Waals surface area contributed by atoms with Gasteiger partial charge in [0.25, 0.3) is 0 Å². The molecule has 1 unspecified atom stereocenters. The van der Waals surface area contributed by atoms with E-state index >= 15 is 0 Å². The van der Waals surface area contributed by atoms with Crippen molar-refractivity contribution in [1.29, 1.82) is 0 Å². The first kappa shape index (κ1) is 17.8. The largest absolute Gasteiger partial charge is 1.00 e. The summed E-state index contributed by atoms with van der Waals surface area (Å²) in [6.07, 6.45) is -0.348. The molecule has 0 radical (unpaired) electrons. The predicted octanol–water partition coefficient (Wildman–Crippen LogP) is -0.952. The molecule has 0 bridgehead atoms. The molecule has 0 amide bonds. The molecule has 0 aliphatic carbocycles. The average Bonchev–Trinajstić information content (AvgIpc) is 2.47. The minimum atomic E-state index is -0.348. The molecule has 2 aromatic carbocycles.